The number of rotatable bonds is 11. The van der Waals surface area contributed by atoms with Gasteiger partial charge in [0.1, 0.15) is 6.07 Å². The maximum absolute atomic E-state index is 10.8. The number of ether oxygens (including phenoxy) is 2. The lowest BCUT2D eigenvalue weighted by atomic mass is 10.1. The minimum Gasteiger partial charge on any atom is -0.434 e. The summed E-state index contributed by atoms with van der Waals surface area (Å²) < 4.78 is 9.24. The van der Waals surface area contributed by atoms with Gasteiger partial charge in [0.15, 0.2) is 6.61 Å². The Balaban J connectivity index is 3.07. The maximum Gasteiger partial charge on any atom is 0.509 e. The molecule has 0 saturated heterocycles. The summed E-state index contributed by atoms with van der Waals surface area (Å²) in [6.45, 7) is 2.37. The fourth-order valence-corrected chi connectivity index (χ4v) is 1.70. The molecule has 0 rings (SSSR count). The lowest BCUT2D eigenvalue weighted by molar-refractivity contribution is 0.0629. The number of unbranched alkanes of at least 4 members (excludes halogenated alkanes) is 8. The summed E-state index contributed by atoms with van der Waals surface area (Å²) in [6, 6.07) is 1.71. The molecule has 0 amide bonds. The molecule has 4 nitrogen and oxygen atoms in total. The summed E-state index contributed by atoms with van der Waals surface area (Å²) in [5, 5.41) is 8.18. The van der Waals surface area contributed by atoms with Crippen LogP contribution in [-0.4, -0.2) is 19.4 Å². The van der Waals surface area contributed by atoms with E-state index in [1.807, 2.05) is 0 Å². The number of carbonyl (C=O) groups is 1. The van der Waals surface area contributed by atoms with Gasteiger partial charge in [0.2, 0.25) is 0 Å². The highest BCUT2D eigenvalue weighted by atomic mass is 16.7. The molecule has 0 bridgehead atoms. The highest BCUT2D eigenvalue weighted by Crippen LogP contribution is 2.09. The molecule has 0 fully saturated rings. The molecule has 0 aromatic rings. The molecule has 0 aliphatic heterocycles. The first-order chi connectivity index (χ1) is 8.81. The first-order valence-corrected chi connectivity index (χ1v) is 6.97. The first-order valence-electron chi connectivity index (χ1n) is 6.97. The second-order valence-corrected chi connectivity index (χ2v) is 4.37. The molecule has 0 aliphatic rings. The van der Waals surface area contributed by atoms with E-state index in [2.05, 4.69) is 11.7 Å². The standard InChI is InChI=1S/C14H25NO3/c1-2-3-4-5-6-7-8-9-10-12-17-14(16)18-13-11-15/h2-10,12-13H2,1H3. The second-order valence-electron chi connectivity index (χ2n) is 4.37. The van der Waals surface area contributed by atoms with Crippen LogP contribution in [0.3, 0.4) is 0 Å². The minimum atomic E-state index is -0.740. The first kappa shape index (κ1) is 16.8. The van der Waals surface area contributed by atoms with E-state index in [4.69, 9.17) is 10.00 Å². The zero-order chi connectivity index (χ0) is 13.5. The molecule has 0 aromatic heterocycles. The SMILES string of the molecule is CCCCCCCCCCCOC(=O)OCC#N. The topological polar surface area (TPSA) is 59.3 Å². The molecular weight excluding hydrogens is 230 g/mol. The molecule has 0 unspecified atom stereocenters. The Labute approximate surface area is 110 Å². The lowest BCUT2D eigenvalue weighted by Crippen LogP contribution is -2.08. The van der Waals surface area contributed by atoms with Crippen LogP contribution in [-0.2, 0) is 9.47 Å². The van der Waals surface area contributed by atoms with Crippen LogP contribution in [0.25, 0.3) is 0 Å². The van der Waals surface area contributed by atoms with Crippen LogP contribution in [0.5, 0.6) is 0 Å². The molecule has 0 aromatic carbocycles. The van der Waals surface area contributed by atoms with Gasteiger partial charge in [-0.05, 0) is 6.42 Å². The molecule has 18 heavy (non-hydrogen) atoms. The third-order valence-electron chi connectivity index (χ3n) is 2.72. The van der Waals surface area contributed by atoms with Gasteiger partial charge >= 0.3 is 6.16 Å². The second kappa shape index (κ2) is 13.8. The van der Waals surface area contributed by atoms with Crippen LogP contribution in [0.15, 0.2) is 0 Å². The predicted molar refractivity (Wildman–Crippen MR) is 70.1 cm³/mol. The molecule has 0 spiro atoms. The number of hydrogen-bond acceptors (Lipinski definition) is 4. The lowest BCUT2D eigenvalue weighted by Gasteiger charge is -2.04. The average molecular weight is 255 g/mol. The summed E-state index contributed by atoms with van der Waals surface area (Å²) in [6.07, 6.45) is 10.3. The maximum atomic E-state index is 10.8. The van der Waals surface area contributed by atoms with Crippen molar-refractivity contribution >= 4 is 6.16 Å². The van der Waals surface area contributed by atoms with Crippen LogP contribution in [0, 0.1) is 11.3 Å². The molecule has 0 saturated carbocycles. The van der Waals surface area contributed by atoms with Crippen LogP contribution < -0.4 is 0 Å². The van der Waals surface area contributed by atoms with E-state index in [9.17, 15) is 4.79 Å². The number of nitrogens with zero attached hydrogens (tertiary/aromatic N) is 1. The number of carbonyl (C=O) groups excluding carboxylic acids is 1. The summed E-state index contributed by atoms with van der Waals surface area (Å²) in [5.41, 5.74) is 0. The summed E-state index contributed by atoms with van der Waals surface area (Å²) >= 11 is 0. The Morgan fingerprint density at radius 2 is 1.50 bits per heavy atom. The summed E-state index contributed by atoms with van der Waals surface area (Å²) in [5.74, 6) is 0. The molecule has 0 aliphatic carbocycles. The van der Waals surface area contributed by atoms with Gasteiger partial charge in [-0.3, -0.25) is 0 Å². The normalized spacial score (nSPS) is 9.78. The van der Waals surface area contributed by atoms with Crippen molar-refractivity contribution in [3.63, 3.8) is 0 Å². The van der Waals surface area contributed by atoms with E-state index in [0.717, 1.165) is 12.8 Å². The molecule has 0 heterocycles. The highest BCUT2D eigenvalue weighted by molar-refractivity contribution is 5.59. The van der Waals surface area contributed by atoms with Crippen molar-refractivity contribution in [2.24, 2.45) is 0 Å². The van der Waals surface area contributed by atoms with Crippen LogP contribution in [0.2, 0.25) is 0 Å². The van der Waals surface area contributed by atoms with Gasteiger partial charge < -0.3 is 9.47 Å². The highest BCUT2D eigenvalue weighted by Gasteiger charge is 2.01. The van der Waals surface area contributed by atoms with Gasteiger partial charge in [-0.25, -0.2) is 4.79 Å². The Hall–Kier alpha value is -1.24. The van der Waals surface area contributed by atoms with Crippen LogP contribution in [0.4, 0.5) is 4.79 Å². The molecule has 0 N–H and O–H groups in total. The summed E-state index contributed by atoms with van der Waals surface area (Å²) in [4.78, 5) is 10.8. The van der Waals surface area contributed by atoms with Crippen molar-refractivity contribution in [1.82, 2.24) is 0 Å². The molecule has 4 heteroatoms. The van der Waals surface area contributed by atoms with E-state index in [-0.39, 0.29) is 6.61 Å². The van der Waals surface area contributed by atoms with E-state index in [1.165, 1.54) is 44.9 Å². The van der Waals surface area contributed by atoms with E-state index < -0.39 is 6.16 Å². The number of hydrogen-bond donors (Lipinski definition) is 0. The van der Waals surface area contributed by atoms with Crippen LogP contribution >= 0.6 is 0 Å². The van der Waals surface area contributed by atoms with Gasteiger partial charge in [0, 0.05) is 0 Å². The Bertz CT molecular complexity index is 236. The zero-order valence-corrected chi connectivity index (χ0v) is 11.5. The van der Waals surface area contributed by atoms with Crippen molar-refractivity contribution < 1.29 is 14.3 Å². The minimum absolute atomic E-state index is 0.239. The van der Waals surface area contributed by atoms with Crippen molar-refractivity contribution in [3.05, 3.63) is 0 Å². The molecule has 0 atom stereocenters. The fourth-order valence-electron chi connectivity index (χ4n) is 1.70. The van der Waals surface area contributed by atoms with Crippen molar-refractivity contribution in [2.75, 3.05) is 13.2 Å². The van der Waals surface area contributed by atoms with E-state index in [1.54, 1.807) is 6.07 Å². The summed E-state index contributed by atoms with van der Waals surface area (Å²) in [7, 11) is 0. The largest absolute Gasteiger partial charge is 0.509 e. The van der Waals surface area contributed by atoms with Crippen LogP contribution in [0.1, 0.15) is 64.7 Å². The predicted octanol–water partition coefficient (Wildman–Crippen LogP) is 4.19. The molecular formula is C14H25NO3. The van der Waals surface area contributed by atoms with Crippen molar-refractivity contribution in [1.29, 1.82) is 5.26 Å². The smallest absolute Gasteiger partial charge is 0.434 e. The van der Waals surface area contributed by atoms with Gasteiger partial charge in [0.25, 0.3) is 0 Å². The van der Waals surface area contributed by atoms with Crippen molar-refractivity contribution in [2.45, 2.75) is 64.7 Å². The Kier molecular flexibility index (Phi) is 12.9. The van der Waals surface area contributed by atoms with Gasteiger partial charge in [-0.15, -0.1) is 0 Å². The Morgan fingerprint density at radius 1 is 0.944 bits per heavy atom. The Morgan fingerprint density at radius 3 is 2.06 bits per heavy atom. The van der Waals surface area contributed by atoms with E-state index in [0.29, 0.717) is 6.61 Å². The fraction of sp³-hybridized carbons (Fsp3) is 0.857. The monoisotopic (exact) mass is 255 g/mol. The van der Waals surface area contributed by atoms with Gasteiger partial charge in [-0.1, -0.05) is 58.3 Å². The zero-order valence-electron chi connectivity index (χ0n) is 11.5. The molecule has 104 valence electrons. The average Bonchev–Trinajstić information content (AvgIpc) is 2.38. The van der Waals surface area contributed by atoms with Gasteiger partial charge in [0.05, 0.1) is 6.61 Å². The third kappa shape index (κ3) is 12.8. The molecule has 0 radical (unpaired) electrons. The quantitative estimate of drug-likeness (QED) is 0.410. The van der Waals surface area contributed by atoms with Crippen molar-refractivity contribution in [3.8, 4) is 6.07 Å². The third-order valence-corrected chi connectivity index (χ3v) is 2.72. The number of nitriles is 1. The van der Waals surface area contributed by atoms with Gasteiger partial charge in [-0.2, -0.15) is 5.26 Å². The van der Waals surface area contributed by atoms with E-state index >= 15 is 0 Å².